The molecular weight excluding hydrogens is 306 g/mol. The first-order valence-corrected chi connectivity index (χ1v) is 8.81. The topological polar surface area (TPSA) is 88.0 Å². The average molecular weight is 321 g/mol. The van der Waals surface area contributed by atoms with Gasteiger partial charge in [0.2, 0.25) is 10.0 Å². The average Bonchev–Trinajstić information content (AvgIpc) is 3.07. The summed E-state index contributed by atoms with van der Waals surface area (Å²) in [5.74, 6) is 0. The number of nitrogen functional groups attached to an aromatic ring is 1. The van der Waals surface area contributed by atoms with Crippen molar-refractivity contribution in [2.45, 2.75) is 17.9 Å². The smallest absolute Gasteiger partial charge is 0.243 e. The molecule has 0 aliphatic heterocycles. The summed E-state index contributed by atoms with van der Waals surface area (Å²) in [7, 11) is -3.60. The molecule has 0 aliphatic rings. The lowest BCUT2D eigenvalue weighted by Crippen LogP contribution is -2.26. The van der Waals surface area contributed by atoms with E-state index in [4.69, 9.17) is 5.73 Å². The minimum Gasteiger partial charge on any atom is -0.399 e. The molecule has 21 heavy (non-hydrogen) atoms. The molecule has 1 aromatic carbocycles. The minimum atomic E-state index is -3.60. The van der Waals surface area contributed by atoms with Crippen LogP contribution in [0.4, 0.5) is 5.69 Å². The van der Waals surface area contributed by atoms with Gasteiger partial charge in [0.1, 0.15) is 4.90 Å². The van der Waals surface area contributed by atoms with E-state index in [2.05, 4.69) is 9.71 Å². The third-order valence-corrected chi connectivity index (χ3v) is 5.61. The van der Waals surface area contributed by atoms with Gasteiger partial charge in [-0.15, -0.1) is 0 Å². The van der Waals surface area contributed by atoms with Crippen molar-refractivity contribution in [1.82, 2.24) is 9.71 Å². The van der Waals surface area contributed by atoms with Crippen LogP contribution in [0, 0.1) is 0 Å². The maximum absolute atomic E-state index is 12.5. The number of fused-ring (bicyclic) bond motifs is 1. The van der Waals surface area contributed by atoms with Crippen molar-refractivity contribution < 1.29 is 8.42 Å². The van der Waals surface area contributed by atoms with E-state index in [1.807, 2.05) is 23.8 Å². The van der Waals surface area contributed by atoms with E-state index in [0.29, 0.717) is 16.6 Å². The van der Waals surface area contributed by atoms with Crippen LogP contribution in [-0.4, -0.2) is 13.4 Å². The number of H-pyrrole nitrogens is 1. The predicted molar refractivity (Wildman–Crippen MR) is 85.8 cm³/mol. The van der Waals surface area contributed by atoms with Crippen LogP contribution < -0.4 is 10.5 Å². The molecule has 0 radical (unpaired) electrons. The largest absolute Gasteiger partial charge is 0.399 e. The summed E-state index contributed by atoms with van der Waals surface area (Å²) in [6, 6.07) is 6.76. The van der Waals surface area contributed by atoms with Crippen LogP contribution in [0.3, 0.4) is 0 Å². The summed E-state index contributed by atoms with van der Waals surface area (Å²) in [6.07, 6.45) is 1.49. The Balaban J connectivity index is 1.97. The standard InChI is InChI=1S/C14H15N3O2S2/c1-9(10-4-5-20-8-10)17-21(18,19)14-7-16-13-6-11(15)2-3-12(13)14/h2-9,16-17H,15H2,1H3. The molecule has 2 aromatic heterocycles. The van der Waals surface area contributed by atoms with E-state index in [0.717, 1.165) is 5.56 Å². The van der Waals surface area contributed by atoms with Crippen LogP contribution >= 0.6 is 11.3 Å². The SMILES string of the molecule is CC(NS(=O)(=O)c1c[nH]c2cc(N)ccc12)c1ccsc1. The molecule has 0 aliphatic carbocycles. The molecule has 1 atom stereocenters. The molecule has 110 valence electrons. The first-order valence-electron chi connectivity index (χ1n) is 6.38. The highest BCUT2D eigenvalue weighted by Crippen LogP contribution is 2.26. The second-order valence-corrected chi connectivity index (χ2v) is 7.32. The zero-order valence-corrected chi connectivity index (χ0v) is 13.0. The van der Waals surface area contributed by atoms with Gasteiger partial charge in [0.05, 0.1) is 0 Å². The van der Waals surface area contributed by atoms with Crippen molar-refractivity contribution >= 4 is 38.0 Å². The molecule has 0 fully saturated rings. The van der Waals surface area contributed by atoms with E-state index in [1.165, 1.54) is 6.20 Å². The Morgan fingerprint density at radius 2 is 2.14 bits per heavy atom. The first kappa shape index (κ1) is 14.1. The van der Waals surface area contributed by atoms with Crippen molar-refractivity contribution in [2.75, 3.05) is 5.73 Å². The van der Waals surface area contributed by atoms with Gasteiger partial charge in [-0.3, -0.25) is 0 Å². The molecule has 4 N–H and O–H groups in total. The second-order valence-electron chi connectivity index (χ2n) is 4.86. The highest BCUT2D eigenvalue weighted by Gasteiger charge is 2.22. The van der Waals surface area contributed by atoms with Gasteiger partial charge in [0, 0.05) is 28.8 Å². The molecule has 7 heteroatoms. The third kappa shape index (κ3) is 2.67. The van der Waals surface area contributed by atoms with Gasteiger partial charge in [0.25, 0.3) is 0 Å². The van der Waals surface area contributed by atoms with E-state index < -0.39 is 10.0 Å². The molecule has 0 amide bonds. The van der Waals surface area contributed by atoms with Crippen molar-refractivity contribution in [2.24, 2.45) is 0 Å². The Morgan fingerprint density at radius 1 is 1.33 bits per heavy atom. The van der Waals surface area contributed by atoms with Crippen LogP contribution in [0.15, 0.2) is 46.1 Å². The van der Waals surface area contributed by atoms with Crippen molar-refractivity contribution in [3.63, 3.8) is 0 Å². The summed E-state index contributed by atoms with van der Waals surface area (Å²) >= 11 is 1.54. The number of rotatable bonds is 4. The normalized spacial score (nSPS) is 13.6. The van der Waals surface area contributed by atoms with Gasteiger partial charge in [-0.05, 0) is 47.5 Å². The minimum absolute atomic E-state index is 0.236. The predicted octanol–water partition coefficient (Wildman–Crippen LogP) is 2.85. The highest BCUT2D eigenvalue weighted by atomic mass is 32.2. The Kier molecular flexibility index (Phi) is 3.48. The first-order chi connectivity index (χ1) is 9.97. The number of nitrogens with one attached hydrogen (secondary N) is 2. The fourth-order valence-electron chi connectivity index (χ4n) is 2.23. The maximum Gasteiger partial charge on any atom is 0.243 e. The van der Waals surface area contributed by atoms with Crippen LogP contribution in [0.1, 0.15) is 18.5 Å². The molecule has 3 aromatic rings. The van der Waals surface area contributed by atoms with Crippen LogP contribution in [0.5, 0.6) is 0 Å². The zero-order chi connectivity index (χ0) is 15.0. The fourth-order valence-corrected chi connectivity index (χ4v) is 4.39. The maximum atomic E-state index is 12.5. The summed E-state index contributed by atoms with van der Waals surface area (Å²) in [5, 5.41) is 4.49. The second kappa shape index (κ2) is 5.18. The van der Waals surface area contributed by atoms with E-state index in [1.54, 1.807) is 29.5 Å². The summed E-state index contributed by atoms with van der Waals surface area (Å²) in [6.45, 7) is 1.83. The number of nitrogens with two attached hydrogens (primary N) is 1. The van der Waals surface area contributed by atoms with Gasteiger partial charge in [-0.2, -0.15) is 11.3 Å². The Bertz CT molecular complexity index is 867. The lowest BCUT2D eigenvalue weighted by atomic mass is 10.2. The lowest BCUT2D eigenvalue weighted by Gasteiger charge is -2.12. The molecule has 5 nitrogen and oxygen atoms in total. The summed E-state index contributed by atoms with van der Waals surface area (Å²) in [5.41, 5.74) is 7.95. The molecule has 3 rings (SSSR count). The van der Waals surface area contributed by atoms with E-state index >= 15 is 0 Å². The molecule has 0 saturated heterocycles. The lowest BCUT2D eigenvalue weighted by molar-refractivity contribution is 0.568. The number of benzene rings is 1. The van der Waals surface area contributed by atoms with Crippen LogP contribution in [-0.2, 0) is 10.0 Å². The number of hydrogen-bond acceptors (Lipinski definition) is 4. The molecule has 0 bridgehead atoms. The molecule has 0 spiro atoms. The van der Waals surface area contributed by atoms with Crippen molar-refractivity contribution in [3.05, 3.63) is 46.8 Å². The van der Waals surface area contributed by atoms with Crippen LogP contribution in [0.25, 0.3) is 10.9 Å². The number of hydrogen-bond donors (Lipinski definition) is 3. The number of aromatic nitrogens is 1. The van der Waals surface area contributed by atoms with Gasteiger partial charge in [-0.25, -0.2) is 13.1 Å². The molecule has 0 saturated carbocycles. The number of anilines is 1. The summed E-state index contributed by atoms with van der Waals surface area (Å²) < 4.78 is 27.8. The monoisotopic (exact) mass is 321 g/mol. The molecule has 2 heterocycles. The van der Waals surface area contributed by atoms with Gasteiger partial charge < -0.3 is 10.7 Å². The van der Waals surface area contributed by atoms with Crippen LogP contribution in [0.2, 0.25) is 0 Å². The summed E-state index contributed by atoms with van der Waals surface area (Å²) in [4.78, 5) is 3.18. The Hall–Kier alpha value is -1.83. The zero-order valence-electron chi connectivity index (χ0n) is 11.3. The Labute approximate surface area is 126 Å². The van der Waals surface area contributed by atoms with E-state index in [9.17, 15) is 8.42 Å². The third-order valence-electron chi connectivity index (χ3n) is 3.33. The molecule has 1 unspecified atom stereocenters. The van der Waals surface area contributed by atoms with Gasteiger partial charge in [-0.1, -0.05) is 0 Å². The van der Waals surface area contributed by atoms with Crippen molar-refractivity contribution in [3.8, 4) is 0 Å². The van der Waals surface area contributed by atoms with E-state index in [-0.39, 0.29) is 10.9 Å². The number of sulfonamides is 1. The Morgan fingerprint density at radius 3 is 2.86 bits per heavy atom. The quantitative estimate of drug-likeness (QED) is 0.646. The highest BCUT2D eigenvalue weighted by molar-refractivity contribution is 7.89. The number of aromatic amines is 1. The molecular formula is C14H15N3O2S2. The number of thiophene rings is 1. The van der Waals surface area contributed by atoms with Gasteiger partial charge >= 0.3 is 0 Å². The van der Waals surface area contributed by atoms with Gasteiger partial charge in [0.15, 0.2) is 0 Å². The van der Waals surface area contributed by atoms with Crippen molar-refractivity contribution in [1.29, 1.82) is 0 Å². The fraction of sp³-hybridized carbons (Fsp3) is 0.143.